The normalized spacial score (nSPS) is 24.4. The molecule has 1 aliphatic carbocycles. The first-order valence-electron chi connectivity index (χ1n) is 7.67. The Morgan fingerprint density at radius 3 is 2.63 bits per heavy atom. The Kier molecular flexibility index (Phi) is 5.41. The van der Waals surface area contributed by atoms with E-state index in [9.17, 15) is 0 Å². The van der Waals surface area contributed by atoms with Gasteiger partial charge < -0.3 is 5.73 Å². The predicted molar refractivity (Wildman–Crippen MR) is 82.1 cm³/mol. The summed E-state index contributed by atoms with van der Waals surface area (Å²) < 4.78 is 0. The SMILES string of the molecule is Cc1ccccc1CN(C)C1CCCCCC1CN. The van der Waals surface area contributed by atoms with E-state index in [1.807, 2.05) is 0 Å². The second-order valence-electron chi connectivity index (χ2n) is 6.04. The highest BCUT2D eigenvalue weighted by Crippen LogP contribution is 2.27. The molecule has 1 fully saturated rings. The average molecular weight is 260 g/mol. The van der Waals surface area contributed by atoms with Crippen LogP contribution in [0.3, 0.4) is 0 Å². The van der Waals surface area contributed by atoms with Gasteiger partial charge in [-0.1, -0.05) is 43.5 Å². The van der Waals surface area contributed by atoms with Crippen LogP contribution >= 0.6 is 0 Å². The van der Waals surface area contributed by atoms with Crippen molar-refractivity contribution in [1.82, 2.24) is 4.90 Å². The number of hydrogen-bond acceptors (Lipinski definition) is 2. The quantitative estimate of drug-likeness (QED) is 0.841. The van der Waals surface area contributed by atoms with E-state index in [-0.39, 0.29) is 0 Å². The topological polar surface area (TPSA) is 29.3 Å². The van der Waals surface area contributed by atoms with Crippen molar-refractivity contribution in [3.8, 4) is 0 Å². The highest BCUT2D eigenvalue weighted by Gasteiger charge is 2.26. The molecule has 0 radical (unpaired) electrons. The van der Waals surface area contributed by atoms with Gasteiger partial charge in [0.2, 0.25) is 0 Å². The Bertz CT molecular complexity index is 389. The smallest absolute Gasteiger partial charge is 0.0236 e. The van der Waals surface area contributed by atoms with E-state index >= 15 is 0 Å². The summed E-state index contributed by atoms with van der Waals surface area (Å²) >= 11 is 0. The third-order valence-electron chi connectivity index (χ3n) is 4.67. The van der Waals surface area contributed by atoms with Crippen LogP contribution < -0.4 is 5.73 Å². The second-order valence-corrected chi connectivity index (χ2v) is 6.04. The maximum atomic E-state index is 6.00. The monoisotopic (exact) mass is 260 g/mol. The van der Waals surface area contributed by atoms with Crippen molar-refractivity contribution in [3.05, 3.63) is 35.4 Å². The molecule has 2 atom stereocenters. The molecule has 0 aliphatic heterocycles. The van der Waals surface area contributed by atoms with Gasteiger partial charge in [-0.15, -0.1) is 0 Å². The Hall–Kier alpha value is -0.860. The molecule has 2 unspecified atom stereocenters. The van der Waals surface area contributed by atoms with E-state index in [4.69, 9.17) is 5.73 Å². The van der Waals surface area contributed by atoms with Gasteiger partial charge in [-0.05, 0) is 50.4 Å². The molecule has 0 bridgehead atoms. The van der Waals surface area contributed by atoms with Crippen LogP contribution in [0.4, 0.5) is 0 Å². The van der Waals surface area contributed by atoms with Crippen LogP contribution in [-0.2, 0) is 6.54 Å². The lowest BCUT2D eigenvalue weighted by molar-refractivity contribution is 0.160. The summed E-state index contributed by atoms with van der Waals surface area (Å²) in [6, 6.07) is 9.38. The first kappa shape index (κ1) is 14.5. The molecule has 2 heteroatoms. The molecule has 1 saturated carbocycles. The highest BCUT2D eigenvalue weighted by molar-refractivity contribution is 5.25. The molecule has 0 saturated heterocycles. The first-order chi connectivity index (χ1) is 9.22. The fraction of sp³-hybridized carbons (Fsp3) is 0.647. The van der Waals surface area contributed by atoms with Crippen molar-refractivity contribution in [3.63, 3.8) is 0 Å². The summed E-state index contributed by atoms with van der Waals surface area (Å²) in [6.45, 7) is 4.09. The maximum absolute atomic E-state index is 6.00. The maximum Gasteiger partial charge on any atom is 0.0236 e. The second kappa shape index (κ2) is 7.06. The Balaban J connectivity index is 2.04. The standard InChI is InChI=1S/C17H28N2/c1-14-8-6-7-10-16(14)13-19(2)17-11-5-3-4-9-15(17)12-18/h6-8,10,15,17H,3-5,9,11-13,18H2,1-2H3. The molecular formula is C17H28N2. The average Bonchev–Trinajstić information content (AvgIpc) is 2.66. The van der Waals surface area contributed by atoms with Gasteiger partial charge in [0, 0.05) is 12.6 Å². The lowest BCUT2D eigenvalue weighted by Crippen LogP contribution is -2.40. The van der Waals surface area contributed by atoms with Crippen LogP contribution in [0.15, 0.2) is 24.3 Å². The van der Waals surface area contributed by atoms with Gasteiger partial charge in [0.1, 0.15) is 0 Å². The van der Waals surface area contributed by atoms with E-state index in [2.05, 4.69) is 43.1 Å². The van der Waals surface area contributed by atoms with E-state index in [0.29, 0.717) is 12.0 Å². The minimum Gasteiger partial charge on any atom is -0.330 e. The summed E-state index contributed by atoms with van der Waals surface area (Å²) in [5.41, 5.74) is 8.84. The van der Waals surface area contributed by atoms with Crippen molar-refractivity contribution >= 4 is 0 Å². The summed E-state index contributed by atoms with van der Waals surface area (Å²) in [5, 5.41) is 0. The van der Waals surface area contributed by atoms with Crippen molar-refractivity contribution < 1.29 is 0 Å². The first-order valence-corrected chi connectivity index (χ1v) is 7.67. The molecule has 0 amide bonds. The van der Waals surface area contributed by atoms with Crippen LogP contribution in [0.25, 0.3) is 0 Å². The van der Waals surface area contributed by atoms with Crippen LogP contribution in [0.2, 0.25) is 0 Å². The van der Waals surface area contributed by atoms with Gasteiger partial charge in [-0.25, -0.2) is 0 Å². The van der Waals surface area contributed by atoms with E-state index in [1.54, 1.807) is 0 Å². The number of benzene rings is 1. The number of aryl methyl sites for hydroxylation is 1. The lowest BCUT2D eigenvalue weighted by atomic mass is 9.93. The summed E-state index contributed by atoms with van der Waals surface area (Å²) in [5.74, 6) is 0.677. The summed E-state index contributed by atoms with van der Waals surface area (Å²) in [6.07, 6.45) is 6.71. The molecule has 0 heterocycles. The minimum atomic E-state index is 0.659. The Labute approximate surface area is 118 Å². The third-order valence-corrected chi connectivity index (χ3v) is 4.67. The molecule has 1 aromatic rings. The predicted octanol–water partition coefficient (Wildman–Crippen LogP) is 3.33. The highest BCUT2D eigenvalue weighted by atomic mass is 15.1. The van der Waals surface area contributed by atoms with Crippen LogP contribution in [0, 0.1) is 12.8 Å². The zero-order valence-electron chi connectivity index (χ0n) is 12.4. The van der Waals surface area contributed by atoms with E-state index in [1.165, 1.54) is 43.2 Å². The molecular weight excluding hydrogens is 232 g/mol. The molecule has 1 aliphatic rings. The van der Waals surface area contributed by atoms with Crippen molar-refractivity contribution in [1.29, 1.82) is 0 Å². The molecule has 2 N–H and O–H groups in total. The zero-order chi connectivity index (χ0) is 13.7. The van der Waals surface area contributed by atoms with E-state index < -0.39 is 0 Å². The fourth-order valence-electron chi connectivity index (χ4n) is 3.39. The van der Waals surface area contributed by atoms with Crippen molar-refractivity contribution in [2.75, 3.05) is 13.6 Å². The lowest BCUT2D eigenvalue weighted by Gasteiger charge is -2.33. The molecule has 106 valence electrons. The zero-order valence-corrected chi connectivity index (χ0v) is 12.4. The Morgan fingerprint density at radius 2 is 1.89 bits per heavy atom. The summed E-state index contributed by atoms with van der Waals surface area (Å²) in [7, 11) is 2.27. The number of rotatable bonds is 4. The Morgan fingerprint density at radius 1 is 1.16 bits per heavy atom. The van der Waals surface area contributed by atoms with Crippen molar-refractivity contribution in [2.24, 2.45) is 11.7 Å². The van der Waals surface area contributed by atoms with Gasteiger partial charge in [-0.3, -0.25) is 4.90 Å². The fourth-order valence-corrected chi connectivity index (χ4v) is 3.39. The number of nitrogens with two attached hydrogens (primary N) is 1. The molecule has 19 heavy (non-hydrogen) atoms. The van der Waals surface area contributed by atoms with Crippen LogP contribution in [0.1, 0.15) is 43.2 Å². The van der Waals surface area contributed by atoms with Gasteiger partial charge >= 0.3 is 0 Å². The number of nitrogens with zero attached hydrogens (tertiary/aromatic N) is 1. The van der Waals surface area contributed by atoms with Gasteiger partial charge in [0.15, 0.2) is 0 Å². The largest absolute Gasteiger partial charge is 0.330 e. The van der Waals surface area contributed by atoms with Gasteiger partial charge in [0.25, 0.3) is 0 Å². The minimum absolute atomic E-state index is 0.659. The van der Waals surface area contributed by atoms with Crippen LogP contribution in [-0.4, -0.2) is 24.5 Å². The molecule has 1 aromatic carbocycles. The molecule has 0 aromatic heterocycles. The molecule has 0 spiro atoms. The van der Waals surface area contributed by atoms with Crippen LogP contribution in [0.5, 0.6) is 0 Å². The van der Waals surface area contributed by atoms with Gasteiger partial charge in [0.05, 0.1) is 0 Å². The molecule has 2 rings (SSSR count). The van der Waals surface area contributed by atoms with E-state index in [0.717, 1.165) is 13.1 Å². The van der Waals surface area contributed by atoms with Gasteiger partial charge in [-0.2, -0.15) is 0 Å². The van der Waals surface area contributed by atoms with Crippen molar-refractivity contribution in [2.45, 2.75) is 51.6 Å². The number of hydrogen-bond donors (Lipinski definition) is 1. The summed E-state index contributed by atoms with van der Waals surface area (Å²) in [4.78, 5) is 2.53. The molecule has 2 nitrogen and oxygen atoms in total. The third kappa shape index (κ3) is 3.80.